The third kappa shape index (κ3) is 33.3. The number of nitrogens with one attached hydrogen (secondary N) is 1. The monoisotopic (exact) mass is 930 g/mol. The smallest absolute Gasteiger partial charge is 0.249 e. The molecule has 9 atom stereocenters. The highest BCUT2D eigenvalue weighted by molar-refractivity contribution is 5.80. The van der Waals surface area contributed by atoms with Crippen molar-refractivity contribution in [2.75, 3.05) is 13.2 Å². The highest BCUT2D eigenvalue weighted by Crippen LogP contribution is 2.23. The minimum atomic E-state index is -1.66. The van der Waals surface area contributed by atoms with Crippen molar-refractivity contribution in [3.8, 4) is 0 Å². The summed E-state index contributed by atoms with van der Waals surface area (Å²) in [5, 5.41) is 76.1. The van der Waals surface area contributed by atoms with Gasteiger partial charge in [0.25, 0.3) is 0 Å². The first kappa shape index (κ1) is 62.1. The van der Waals surface area contributed by atoms with E-state index in [4.69, 9.17) is 9.47 Å². The van der Waals surface area contributed by atoms with Gasteiger partial charge in [-0.15, -0.1) is 0 Å². The van der Waals surface area contributed by atoms with Gasteiger partial charge in [0.2, 0.25) is 5.91 Å². The fraction of sp³-hybridized carbons (Fsp3) is 0.981. The number of hydrogen-bond acceptors (Lipinski definition) is 10. The summed E-state index contributed by atoms with van der Waals surface area (Å²) in [4.78, 5) is 13.1. The number of carbonyl (C=O) groups excluding carboxylic acids is 1. The number of aliphatic hydroxyl groups is 7. The third-order valence-corrected chi connectivity index (χ3v) is 13.9. The Morgan fingerprint density at radius 2 is 0.800 bits per heavy atom. The summed E-state index contributed by atoms with van der Waals surface area (Å²) in [5.41, 5.74) is 0. The zero-order chi connectivity index (χ0) is 47.6. The molecule has 0 aromatic rings. The number of ether oxygens (including phenoxy) is 2. The third-order valence-electron chi connectivity index (χ3n) is 13.9. The molecule has 1 fully saturated rings. The Bertz CT molecular complexity index is 1020. The van der Waals surface area contributed by atoms with Crippen molar-refractivity contribution in [3.05, 3.63) is 0 Å². The van der Waals surface area contributed by atoms with E-state index in [0.717, 1.165) is 38.5 Å². The van der Waals surface area contributed by atoms with Crippen molar-refractivity contribution in [2.24, 2.45) is 0 Å². The predicted octanol–water partition coefficient (Wildman–Crippen LogP) is 11.0. The summed E-state index contributed by atoms with van der Waals surface area (Å²) in [7, 11) is 0. The van der Waals surface area contributed by atoms with Crippen molar-refractivity contribution in [3.63, 3.8) is 0 Å². The van der Waals surface area contributed by atoms with Gasteiger partial charge in [0, 0.05) is 0 Å². The van der Waals surface area contributed by atoms with Crippen LogP contribution in [0.15, 0.2) is 0 Å². The number of unbranched alkanes of at least 4 members (excludes halogenated alkanes) is 36. The molecule has 1 heterocycles. The first-order valence-electron chi connectivity index (χ1n) is 27.9. The maximum absolute atomic E-state index is 13.1. The van der Waals surface area contributed by atoms with Crippen molar-refractivity contribution in [1.82, 2.24) is 5.32 Å². The molecule has 1 amide bonds. The minimum Gasteiger partial charge on any atom is -0.394 e. The van der Waals surface area contributed by atoms with Crippen LogP contribution < -0.4 is 5.32 Å². The quantitative estimate of drug-likeness (QED) is 0.0273. The Morgan fingerprint density at radius 1 is 0.477 bits per heavy atom. The van der Waals surface area contributed by atoms with Crippen LogP contribution in [0.25, 0.3) is 0 Å². The Balaban J connectivity index is 2.32. The molecule has 0 radical (unpaired) electrons. The van der Waals surface area contributed by atoms with Gasteiger partial charge < -0.3 is 50.5 Å². The van der Waals surface area contributed by atoms with E-state index in [1.165, 1.54) is 193 Å². The molecular formula is C54H107NO10. The van der Waals surface area contributed by atoms with Gasteiger partial charge >= 0.3 is 0 Å². The number of carbonyl (C=O) groups is 1. The average Bonchev–Trinajstić information content (AvgIpc) is 3.31. The number of rotatable bonds is 48. The maximum atomic E-state index is 13.1. The normalized spacial score (nSPS) is 20.8. The van der Waals surface area contributed by atoms with Crippen molar-refractivity contribution in [1.29, 1.82) is 0 Å². The van der Waals surface area contributed by atoms with E-state index >= 15 is 0 Å². The van der Waals surface area contributed by atoms with E-state index in [9.17, 15) is 40.5 Å². The molecule has 1 aliphatic rings. The lowest BCUT2D eigenvalue weighted by molar-refractivity contribution is -0.303. The topological polar surface area (TPSA) is 189 Å². The second kappa shape index (κ2) is 44.3. The summed E-state index contributed by atoms with van der Waals surface area (Å²) in [6.07, 6.45) is 37.2. The summed E-state index contributed by atoms with van der Waals surface area (Å²) >= 11 is 0. The first-order valence-corrected chi connectivity index (χ1v) is 27.9. The van der Waals surface area contributed by atoms with Crippen LogP contribution in [0.1, 0.15) is 271 Å². The lowest BCUT2D eigenvalue weighted by atomic mass is 9.98. The SMILES string of the molecule is CCCCCCCCCCCCCCCCCCCCCCCCC(O)C(O)C(COC1OC(CO)C(O)C(O)C1O)NC(=O)C(O)CCCCCCCCCCCCCCCCCC. The lowest BCUT2D eigenvalue weighted by Gasteiger charge is -2.40. The molecular weight excluding hydrogens is 823 g/mol. The molecule has 0 spiro atoms. The molecule has 65 heavy (non-hydrogen) atoms. The summed E-state index contributed by atoms with van der Waals surface area (Å²) in [6.45, 7) is 3.49. The van der Waals surface area contributed by atoms with Gasteiger partial charge in [-0.3, -0.25) is 4.79 Å². The van der Waals surface area contributed by atoms with E-state index in [0.29, 0.717) is 19.3 Å². The first-order chi connectivity index (χ1) is 31.7. The molecule has 8 N–H and O–H groups in total. The van der Waals surface area contributed by atoms with Crippen LogP contribution in [0, 0.1) is 0 Å². The zero-order valence-corrected chi connectivity index (χ0v) is 42.2. The van der Waals surface area contributed by atoms with E-state index < -0.39 is 74.2 Å². The molecule has 1 rings (SSSR count). The average molecular weight is 930 g/mol. The van der Waals surface area contributed by atoms with Crippen LogP contribution in [-0.4, -0.2) is 110 Å². The van der Waals surface area contributed by atoms with Crippen molar-refractivity contribution >= 4 is 5.91 Å². The van der Waals surface area contributed by atoms with Crippen LogP contribution in [0.2, 0.25) is 0 Å². The molecule has 0 aromatic carbocycles. The molecule has 0 aliphatic carbocycles. The number of amides is 1. The van der Waals surface area contributed by atoms with Crippen LogP contribution in [0.3, 0.4) is 0 Å². The minimum absolute atomic E-state index is 0.267. The summed E-state index contributed by atoms with van der Waals surface area (Å²) < 4.78 is 11.1. The maximum Gasteiger partial charge on any atom is 0.249 e. The largest absolute Gasteiger partial charge is 0.394 e. The van der Waals surface area contributed by atoms with Crippen LogP contribution in [0.4, 0.5) is 0 Å². The van der Waals surface area contributed by atoms with Gasteiger partial charge in [-0.25, -0.2) is 0 Å². The second-order valence-corrected chi connectivity index (χ2v) is 20.0. The highest BCUT2D eigenvalue weighted by atomic mass is 16.7. The molecule has 9 unspecified atom stereocenters. The van der Waals surface area contributed by atoms with Gasteiger partial charge in [0.05, 0.1) is 25.4 Å². The fourth-order valence-corrected chi connectivity index (χ4v) is 9.33. The Hall–Kier alpha value is -0.890. The van der Waals surface area contributed by atoms with Gasteiger partial charge in [-0.1, -0.05) is 258 Å². The van der Waals surface area contributed by atoms with Gasteiger partial charge in [-0.2, -0.15) is 0 Å². The molecule has 388 valence electrons. The van der Waals surface area contributed by atoms with Gasteiger partial charge in [0.1, 0.15) is 36.6 Å². The summed E-state index contributed by atoms with van der Waals surface area (Å²) in [6, 6.07) is -1.16. The highest BCUT2D eigenvalue weighted by Gasteiger charge is 2.44. The molecule has 0 bridgehead atoms. The standard InChI is InChI=1S/C54H107NO10/c1-3-5-7-9-11-13-15-17-19-21-22-23-24-25-26-28-29-31-33-35-37-39-41-46(57)49(59)45(44-64-54-52(62)51(61)50(60)48(43-56)65-54)55-53(63)47(58)42-40-38-36-34-32-30-27-20-18-16-14-12-10-8-6-4-2/h45-52,54,56-62H,3-44H2,1-2H3,(H,55,63). The molecule has 1 aliphatic heterocycles. The second-order valence-electron chi connectivity index (χ2n) is 20.0. The van der Waals surface area contributed by atoms with Crippen LogP contribution in [0.5, 0.6) is 0 Å². The van der Waals surface area contributed by atoms with E-state index in [1.54, 1.807) is 0 Å². The van der Waals surface area contributed by atoms with Crippen LogP contribution in [-0.2, 0) is 14.3 Å². The van der Waals surface area contributed by atoms with Crippen molar-refractivity contribution < 1.29 is 50.0 Å². The lowest BCUT2D eigenvalue weighted by Crippen LogP contribution is -2.60. The Morgan fingerprint density at radius 3 is 1.14 bits per heavy atom. The zero-order valence-electron chi connectivity index (χ0n) is 42.2. The fourth-order valence-electron chi connectivity index (χ4n) is 9.33. The molecule has 11 nitrogen and oxygen atoms in total. The van der Waals surface area contributed by atoms with E-state index in [2.05, 4.69) is 19.2 Å². The van der Waals surface area contributed by atoms with Gasteiger partial charge in [0.15, 0.2) is 6.29 Å². The van der Waals surface area contributed by atoms with Gasteiger partial charge in [-0.05, 0) is 12.8 Å². The number of hydrogen-bond donors (Lipinski definition) is 8. The molecule has 0 saturated carbocycles. The molecule has 1 saturated heterocycles. The summed E-state index contributed by atoms with van der Waals surface area (Å²) in [5.74, 6) is -0.691. The Kier molecular flexibility index (Phi) is 42.4. The van der Waals surface area contributed by atoms with E-state index in [-0.39, 0.29) is 6.42 Å². The number of aliphatic hydroxyl groups excluding tert-OH is 7. The predicted molar refractivity (Wildman–Crippen MR) is 266 cm³/mol. The van der Waals surface area contributed by atoms with Crippen LogP contribution >= 0.6 is 0 Å². The molecule has 0 aromatic heterocycles. The van der Waals surface area contributed by atoms with Crippen molar-refractivity contribution in [2.45, 2.75) is 326 Å². The Labute approximate surface area is 399 Å². The molecule has 11 heteroatoms. The van der Waals surface area contributed by atoms with E-state index in [1.807, 2.05) is 0 Å².